The highest BCUT2D eigenvalue weighted by molar-refractivity contribution is 7.14. The molecular weight excluding hydrogens is 401 g/mol. The molecular formula is C17H19F3N2O5S. The van der Waals surface area contributed by atoms with Crippen LogP contribution in [0, 0.1) is 0 Å². The number of nitrogens with one attached hydrogen (secondary N) is 1. The minimum atomic E-state index is -5.07. The number of Topliss-reactive ketones (excluding diaryl/α,β-unsaturated/α-hetero) is 1. The standard InChI is InChI=1S/C17H19F3N2O5S/c1-10(23)21-7-6-11-4-5-14(28-11)13(24)9-27-15(25)12-3-2-8-22(12)16(26)17(18,19)20/h4-5,12H,2-3,6-9H2,1H3,(H,21,23). The zero-order valence-electron chi connectivity index (χ0n) is 15.0. The number of carbonyl (C=O) groups excluding carboxylic acids is 4. The number of halogens is 3. The van der Waals surface area contributed by atoms with Crippen molar-refractivity contribution in [2.24, 2.45) is 0 Å². The summed E-state index contributed by atoms with van der Waals surface area (Å²) in [5, 5.41) is 2.63. The van der Waals surface area contributed by atoms with Gasteiger partial charge in [-0.2, -0.15) is 13.2 Å². The van der Waals surface area contributed by atoms with Gasteiger partial charge in [-0.15, -0.1) is 11.3 Å². The minimum Gasteiger partial charge on any atom is -0.456 e. The maximum absolute atomic E-state index is 12.6. The lowest BCUT2D eigenvalue weighted by atomic mass is 10.2. The lowest BCUT2D eigenvalue weighted by molar-refractivity contribution is -0.188. The molecule has 1 atom stereocenters. The molecule has 2 rings (SSSR count). The largest absolute Gasteiger partial charge is 0.471 e. The molecule has 0 bridgehead atoms. The molecule has 1 unspecified atom stereocenters. The summed E-state index contributed by atoms with van der Waals surface area (Å²) in [7, 11) is 0. The molecule has 2 amide bonds. The molecule has 0 radical (unpaired) electrons. The third-order valence-corrected chi connectivity index (χ3v) is 5.24. The van der Waals surface area contributed by atoms with Gasteiger partial charge in [0.15, 0.2) is 6.61 Å². The van der Waals surface area contributed by atoms with E-state index in [1.807, 2.05) is 0 Å². The number of carbonyl (C=O) groups is 4. The second kappa shape index (κ2) is 9.18. The van der Waals surface area contributed by atoms with E-state index < -0.39 is 36.5 Å². The summed E-state index contributed by atoms with van der Waals surface area (Å²) in [5.41, 5.74) is 0. The highest BCUT2D eigenvalue weighted by Gasteiger charge is 2.48. The Morgan fingerprint density at radius 2 is 2.00 bits per heavy atom. The third kappa shape index (κ3) is 5.78. The maximum atomic E-state index is 12.6. The van der Waals surface area contributed by atoms with E-state index in [1.165, 1.54) is 18.3 Å². The summed E-state index contributed by atoms with van der Waals surface area (Å²) in [4.78, 5) is 48.0. The smallest absolute Gasteiger partial charge is 0.456 e. The Labute approximate surface area is 162 Å². The second-order valence-electron chi connectivity index (χ2n) is 6.18. The topological polar surface area (TPSA) is 92.8 Å². The van der Waals surface area contributed by atoms with Crippen LogP contribution in [0.15, 0.2) is 12.1 Å². The van der Waals surface area contributed by atoms with Gasteiger partial charge < -0.3 is 15.0 Å². The van der Waals surface area contributed by atoms with Crippen molar-refractivity contribution < 1.29 is 37.1 Å². The van der Waals surface area contributed by atoms with E-state index in [0.717, 1.165) is 4.88 Å². The molecule has 0 spiro atoms. The fraction of sp³-hybridized carbons (Fsp3) is 0.529. The van der Waals surface area contributed by atoms with Crippen LogP contribution in [0.3, 0.4) is 0 Å². The number of hydrogen-bond donors (Lipinski definition) is 1. The van der Waals surface area contributed by atoms with Crippen LogP contribution in [-0.4, -0.2) is 60.4 Å². The van der Waals surface area contributed by atoms with Crippen molar-refractivity contribution in [1.82, 2.24) is 10.2 Å². The van der Waals surface area contributed by atoms with E-state index >= 15 is 0 Å². The molecule has 0 aromatic carbocycles. The molecule has 7 nitrogen and oxygen atoms in total. The first-order valence-electron chi connectivity index (χ1n) is 8.50. The Kier molecular flexibility index (Phi) is 7.17. The van der Waals surface area contributed by atoms with E-state index in [2.05, 4.69) is 5.32 Å². The van der Waals surface area contributed by atoms with Crippen LogP contribution in [0.4, 0.5) is 13.2 Å². The first kappa shape index (κ1) is 21.9. The molecule has 1 aliphatic rings. The van der Waals surface area contributed by atoms with Gasteiger partial charge in [-0.05, 0) is 31.4 Å². The monoisotopic (exact) mass is 420 g/mol. The molecule has 1 aliphatic heterocycles. The van der Waals surface area contributed by atoms with Crippen LogP contribution in [0.25, 0.3) is 0 Å². The lowest BCUT2D eigenvalue weighted by Gasteiger charge is -2.23. The number of nitrogens with zero attached hydrogens (tertiary/aromatic N) is 1. The number of ketones is 1. The number of hydrogen-bond acceptors (Lipinski definition) is 6. The number of amides is 2. The highest BCUT2D eigenvalue weighted by Crippen LogP contribution is 2.26. The van der Waals surface area contributed by atoms with E-state index in [-0.39, 0.29) is 25.3 Å². The van der Waals surface area contributed by atoms with Crippen molar-refractivity contribution in [3.05, 3.63) is 21.9 Å². The molecule has 1 aromatic rings. The molecule has 1 aromatic heterocycles. The van der Waals surface area contributed by atoms with Gasteiger partial charge in [-0.1, -0.05) is 0 Å². The number of esters is 1. The average Bonchev–Trinajstić information content (AvgIpc) is 3.27. The SMILES string of the molecule is CC(=O)NCCc1ccc(C(=O)COC(=O)C2CCCN2C(=O)C(F)(F)F)s1. The molecule has 1 fully saturated rings. The fourth-order valence-electron chi connectivity index (χ4n) is 2.75. The first-order valence-corrected chi connectivity index (χ1v) is 9.32. The Morgan fingerprint density at radius 1 is 1.29 bits per heavy atom. The van der Waals surface area contributed by atoms with E-state index in [1.54, 1.807) is 12.1 Å². The zero-order chi connectivity index (χ0) is 20.9. The van der Waals surface area contributed by atoms with Crippen molar-refractivity contribution in [2.45, 2.75) is 38.4 Å². The van der Waals surface area contributed by atoms with Gasteiger partial charge in [0.05, 0.1) is 4.88 Å². The zero-order valence-corrected chi connectivity index (χ0v) is 15.8. The minimum absolute atomic E-state index is 0.0567. The van der Waals surface area contributed by atoms with Crippen LogP contribution < -0.4 is 5.32 Å². The molecule has 1 N–H and O–H groups in total. The van der Waals surface area contributed by atoms with Crippen LogP contribution in [0.1, 0.15) is 34.3 Å². The Bertz CT molecular complexity index is 762. The van der Waals surface area contributed by atoms with Crippen LogP contribution >= 0.6 is 11.3 Å². The molecule has 28 heavy (non-hydrogen) atoms. The molecule has 154 valence electrons. The van der Waals surface area contributed by atoms with Gasteiger partial charge in [0.1, 0.15) is 6.04 Å². The molecule has 2 heterocycles. The maximum Gasteiger partial charge on any atom is 0.471 e. The first-order chi connectivity index (χ1) is 13.1. The third-order valence-electron chi connectivity index (χ3n) is 4.06. The van der Waals surface area contributed by atoms with Gasteiger partial charge >= 0.3 is 18.1 Å². The summed E-state index contributed by atoms with van der Waals surface area (Å²) >= 11 is 1.18. The molecule has 0 saturated carbocycles. The quantitative estimate of drug-likeness (QED) is 0.536. The van der Waals surface area contributed by atoms with Gasteiger partial charge in [-0.25, -0.2) is 4.79 Å². The summed E-state index contributed by atoms with van der Waals surface area (Å²) in [5.74, 6) is -3.76. The van der Waals surface area contributed by atoms with E-state index in [4.69, 9.17) is 4.74 Å². The summed E-state index contributed by atoms with van der Waals surface area (Å²) in [6, 6.07) is 1.93. The summed E-state index contributed by atoms with van der Waals surface area (Å²) in [6.45, 7) is 1.01. The van der Waals surface area contributed by atoms with Crippen molar-refractivity contribution in [3.63, 3.8) is 0 Å². The Hall–Kier alpha value is -2.43. The van der Waals surface area contributed by atoms with Gasteiger partial charge in [0.25, 0.3) is 0 Å². The normalized spacial score (nSPS) is 16.7. The van der Waals surface area contributed by atoms with Crippen molar-refractivity contribution >= 4 is 34.9 Å². The Balaban J connectivity index is 1.87. The van der Waals surface area contributed by atoms with Gasteiger partial charge in [-0.3, -0.25) is 14.4 Å². The lowest BCUT2D eigenvalue weighted by Crippen LogP contribution is -2.47. The highest BCUT2D eigenvalue weighted by atomic mass is 32.1. The van der Waals surface area contributed by atoms with Gasteiger partial charge in [0, 0.05) is 24.9 Å². The number of thiophene rings is 1. The molecule has 11 heteroatoms. The number of ether oxygens (including phenoxy) is 1. The van der Waals surface area contributed by atoms with Crippen molar-refractivity contribution in [2.75, 3.05) is 19.7 Å². The van der Waals surface area contributed by atoms with Crippen LogP contribution in [0.5, 0.6) is 0 Å². The number of rotatable bonds is 7. The van der Waals surface area contributed by atoms with Gasteiger partial charge in [0.2, 0.25) is 11.7 Å². The molecule has 1 saturated heterocycles. The van der Waals surface area contributed by atoms with Crippen molar-refractivity contribution in [1.29, 1.82) is 0 Å². The predicted molar refractivity (Wildman–Crippen MR) is 92.8 cm³/mol. The number of alkyl halides is 3. The van der Waals surface area contributed by atoms with E-state index in [0.29, 0.717) is 22.7 Å². The number of likely N-dealkylation sites (tertiary alicyclic amines) is 1. The van der Waals surface area contributed by atoms with Crippen LogP contribution in [0.2, 0.25) is 0 Å². The predicted octanol–water partition coefficient (Wildman–Crippen LogP) is 1.71. The van der Waals surface area contributed by atoms with Crippen LogP contribution in [-0.2, 0) is 25.5 Å². The summed E-state index contributed by atoms with van der Waals surface area (Å²) in [6.07, 6.45) is -4.23. The van der Waals surface area contributed by atoms with E-state index in [9.17, 15) is 32.3 Å². The van der Waals surface area contributed by atoms with Crippen molar-refractivity contribution in [3.8, 4) is 0 Å². The molecule has 0 aliphatic carbocycles. The fourth-order valence-corrected chi connectivity index (χ4v) is 3.68. The Morgan fingerprint density at radius 3 is 2.64 bits per heavy atom. The summed E-state index contributed by atoms with van der Waals surface area (Å²) < 4.78 is 42.6. The second-order valence-corrected chi connectivity index (χ2v) is 7.35. The average molecular weight is 420 g/mol.